The zero-order valence-electron chi connectivity index (χ0n) is 15.2. The molecule has 0 N–H and O–H groups in total. The third-order valence-corrected chi connectivity index (χ3v) is 4.86. The van der Waals surface area contributed by atoms with Crippen molar-refractivity contribution in [1.29, 1.82) is 0 Å². The average Bonchev–Trinajstić information content (AvgIpc) is 3.24. The first-order valence-electron chi connectivity index (χ1n) is 9.07. The van der Waals surface area contributed by atoms with Gasteiger partial charge < -0.3 is 14.1 Å². The normalized spacial score (nSPS) is 16.9. The number of carbonyl (C=O) groups is 1. The molecule has 0 aliphatic carbocycles. The van der Waals surface area contributed by atoms with Crippen molar-refractivity contribution in [3.63, 3.8) is 0 Å². The minimum atomic E-state index is 0.0187. The number of hydrogen-bond donors (Lipinski definition) is 0. The fourth-order valence-electron chi connectivity index (χ4n) is 3.38. The molecule has 0 saturated carbocycles. The summed E-state index contributed by atoms with van der Waals surface area (Å²) >= 11 is 0. The Morgan fingerprint density at radius 3 is 2.63 bits per heavy atom. The van der Waals surface area contributed by atoms with Crippen LogP contribution in [0.25, 0.3) is 11.5 Å². The third kappa shape index (κ3) is 3.69. The SMILES string of the molecule is COc1ccc(C(=O)N2CCCC(c3nnc(-c4ccccc4)o3)C2)cc1. The highest BCUT2D eigenvalue weighted by molar-refractivity contribution is 5.94. The first kappa shape index (κ1) is 17.3. The summed E-state index contributed by atoms with van der Waals surface area (Å²) in [6, 6.07) is 16.9. The van der Waals surface area contributed by atoms with Gasteiger partial charge in [-0.1, -0.05) is 18.2 Å². The van der Waals surface area contributed by atoms with E-state index in [1.165, 1.54) is 0 Å². The second kappa shape index (κ2) is 7.61. The van der Waals surface area contributed by atoms with Crippen molar-refractivity contribution in [1.82, 2.24) is 15.1 Å². The topological polar surface area (TPSA) is 68.5 Å². The number of ether oxygens (including phenoxy) is 1. The Kier molecular flexibility index (Phi) is 4.87. The molecule has 0 spiro atoms. The van der Waals surface area contributed by atoms with Crippen molar-refractivity contribution in [3.8, 4) is 17.2 Å². The highest BCUT2D eigenvalue weighted by Gasteiger charge is 2.29. The molecule has 1 fully saturated rings. The summed E-state index contributed by atoms with van der Waals surface area (Å²) in [5.74, 6) is 1.93. The van der Waals surface area contributed by atoms with Crippen LogP contribution in [0, 0.1) is 0 Å². The van der Waals surface area contributed by atoms with Gasteiger partial charge in [0.1, 0.15) is 5.75 Å². The van der Waals surface area contributed by atoms with Crippen LogP contribution in [0.1, 0.15) is 35.0 Å². The fourth-order valence-corrected chi connectivity index (χ4v) is 3.38. The summed E-state index contributed by atoms with van der Waals surface area (Å²) in [7, 11) is 1.61. The highest BCUT2D eigenvalue weighted by Crippen LogP contribution is 2.29. The number of methoxy groups -OCH3 is 1. The van der Waals surface area contributed by atoms with Gasteiger partial charge in [0.2, 0.25) is 11.8 Å². The molecule has 2 aromatic carbocycles. The van der Waals surface area contributed by atoms with Gasteiger partial charge in [-0.15, -0.1) is 10.2 Å². The lowest BCUT2D eigenvalue weighted by atomic mass is 9.97. The molecule has 138 valence electrons. The minimum absolute atomic E-state index is 0.0187. The first-order valence-corrected chi connectivity index (χ1v) is 9.07. The molecule has 1 aliphatic heterocycles. The lowest BCUT2D eigenvalue weighted by Crippen LogP contribution is -2.39. The molecular formula is C21H21N3O3. The maximum absolute atomic E-state index is 12.8. The van der Waals surface area contributed by atoms with Gasteiger partial charge in [0, 0.05) is 24.2 Å². The number of carbonyl (C=O) groups excluding carboxylic acids is 1. The molecular weight excluding hydrogens is 342 g/mol. The van der Waals surface area contributed by atoms with E-state index in [1.54, 1.807) is 31.4 Å². The van der Waals surface area contributed by atoms with Crippen molar-refractivity contribution < 1.29 is 13.9 Å². The highest BCUT2D eigenvalue weighted by atomic mass is 16.5. The molecule has 1 atom stereocenters. The zero-order chi connectivity index (χ0) is 18.6. The van der Waals surface area contributed by atoms with Gasteiger partial charge in [0.25, 0.3) is 5.91 Å². The first-order chi connectivity index (χ1) is 13.2. The van der Waals surface area contributed by atoms with E-state index in [1.807, 2.05) is 35.2 Å². The second-order valence-corrected chi connectivity index (χ2v) is 6.63. The zero-order valence-corrected chi connectivity index (χ0v) is 15.2. The van der Waals surface area contributed by atoms with Crippen LogP contribution in [0.3, 0.4) is 0 Å². The number of aromatic nitrogens is 2. The van der Waals surface area contributed by atoms with Crippen LogP contribution in [0.4, 0.5) is 0 Å². The number of nitrogens with zero attached hydrogens (tertiary/aromatic N) is 3. The predicted molar refractivity (Wildman–Crippen MR) is 101 cm³/mol. The van der Waals surface area contributed by atoms with Crippen LogP contribution in [-0.2, 0) is 0 Å². The van der Waals surface area contributed by atoms with E-state index in [-0.39, 0.29) is 11.8 Å². The monoisotopic (exact) mass is 363 g/mol. The van der Waals surface area contributed by atoms with Crippen LogP contribution >= 0.6 is 0 Å². The maximum atomic E-state index is 12.8. The van der Waals surface area contributed by atoms with E-state index in [4.69, 9.17) is 9.15 Å². The van der Waals surface area contributed by atoms with E-state index in [2.05, 4.69) is 10.2 Å². The standard InChI is InChI=1S/C21H21N3O3/c1-26-18-11-9-16(10-12-18)21(25)24-13-5-8-17(14-24)20-23-22-19(27-20)15-6-3-2-4-7-15/h2-4,6-7,9-12,17H,5,8,13-14H2,1H3. The third-order valence-electron chi connectivity index (χ3n) is 4.86. The molecule has 4 rings (SSSR count). The second-order valence-electron chi connectivity index (χ2n) is 6.63. The Balaban J connectivity index is 1.48. The number of likely N-dealkylation sites (tertiary alicyclic amines) is 1. The molecule has 1 aromatic heterocycles. The van der Waals surface area contributed by atoms with Gasteiger partial charge in [-0.05, 0) is 49.2 Å². The number of benzene rings is 2. The Morgan fingerprint density at radius 1 is 1.11 bits per heavy atom. The van der Waals surface area contributed by atoms with Crippen LogP contribution < -0.4 is 4.74 Å². The average molecular weight is 363 g/mol. The summed E-state index contributed by atoms with van der Waals surface area (Å²) in [4.78, 5) is 14.7. The molecule has 1 aliphatic rings. The smallest absolute Gasteiger partial charge is 0.253 e. The van der Waals surface area contributed by atoms with Crippen molar-refractivity contribution >= 4 is 5.91 Å². The van der Waals surface area contributed by atoms with E-state index < -0.39 is 0 Å². The molecule has 1 amide bonds. The van der Waals surface area contributed by atoms with Crippen LogP contribution in [-0.4, -0.2) is 41.2 Å². The lowest BCUT2D eigenvalue weighted by molar-refractivity contribution is 0.0698. The Hall–Kier alpha value is -3.15. The molecule has 0 radical (unpaired) electrons. The number of piperidine rings is 1. The molecule has 1 unspecified atom stereocenters. The van der Waals surface area contributed by atoms with E-state index in [9.17, 15) is 4.79 Å². The maximum Gasteiger partial charge on any atom is 0.253 e. The van der Waals surface area contributed by atoms with Crippen molar-refractivity contribution in [2.24, 2.45) is 0 Å². The van der Waals surface area contributed by atoms with E-state index in [0.717, 1.165) is 30.7 Å². The Labute approximate surface area is 157 Å². The van der Waals surface area contributed by atoms with Crippen LogP contribution in [0.5, 0.6) is 5.75 Å². The Morgan fingerprint density at radius 2 is 1.89 bits per heavy atom. The van der Waals surface area contributed by atoms with Crippen LogP contribution in [0.15, 0.2) is 59.0 Å². The van der Waals surface area contributed by atoms with E-state index in [0.29, 0.717) is 23.9 Å². The van der Waals surface area contributed by atoms with Gasteiger partial charge in [-0.2, -0.15) is 0 Å². The van der Waals surface area contributed by atoms with Gasteiger partial charge in [-0.25, -0.2) is 0 Å². The summed E-state index contributed by atoms with van der Waals surface area (Å²) in [5, 5.41) is 8.41. The molecule has 1 saturated heterocycles. The summed E-state index contributed by atoms with van der Waals surface area (Å²) in [6.45, 7) is 1.32. The van der Waals surface area contributed by atoms with Crippen molar-refractivity contribution in [2.75, 3.05) is 20.2 Å². The van der Waals surface area contributed by atoms with Crippen molar-refractivity contribution in [3.05, 3.63) is 66.1 Å². The number of amides is 1. The predicted octanol–water partition coefficient (Wildman–Crippen LogP) is 3.77. The van der Waals surface area contributed by atoms with Crippen LogP contribution in [0.2, 0.25) is 0 Å². The summed E-state index contributed by atoms with van der Waals surface area (Å²) in [5.41, 5.74) is 1.56. The summed E-state index contributed by atoms with van der Waals surface area (Å²) < 4.78 is 11.1. The van der Waals surface area contributed by atoms with Crippen molar-refractivity contribution in [2.45, 2.75) is 18.8 Å². The molecule has 6 nitrogen and oxygen atoms in total. The molecule has 0 bridgehead atoms. The van der Waals surface area contributed by atoms with Gasteiger partial charge in [0.15, 0.2) is 0 Å². The molecule has 3 aromatic rings. The Bertz CT molecular complexity index is 906. The quantitative estimate of drug-likeness (QED) is 0.706. The van der Waals surface area contributed by atoms with E-state index >= 15 is 0 Å². The molecule has 2 heterocycles. The van der Waals surface area contributed by atoms with Gasteiger partial charge in [0.05, 0.1) is 13.0 Å². The van der Waals surface area contributed by atoms with Gasteiger partial charge >= 0.3 is 0 Å². The minimum Gasteiger partial charge on any atom is -0.497 e. The molecule has 6 heteroatoms. The number of rotatable bonds is 4. The van der Waals surface area contributed by atoms with Gasteiger partial charge in [-0.3, -0.25) is 4.79 Å². The lowest BCUT2D eigenvalue weighted by Gasteiger charge is -2.31. The summed E-state index contributed by atoms with van der Waals surface area (Å²) in [6.07, 6.45) is 1.85. The largest absolute Gasteiger partial charge is 0.497 e. The fraction of sp³-hybridized carbons (Fsp3) is 0.286. The molecule has 27 heavy (non-hydrogen) atoms. The number of hydrogen-bond acceptors (Lipinski definition) is 5.